The average molecular weight is 194 g/mol. The van der Waals surface area contributed by atoms with Gasteiger partial charge in [-0.25, -0.2) is 0 Å². The summed E-state index contributed by atoms with van der Waals surface area (Å²) < 4.78 is 0. The summed E-state index contributed by atoms with van der Waals surface area (Å²) in [6, 6.07) is 0. The van der Waals surface area contributed by atoms with Crippen LogP contribution in [0.3, 0.4) is 0 Å². The number of carboxylic acids is 1. The van der Waals surface area contributed by atoms with Gasteiger partial charge in [-0.15, -0.1) is 0 Å². The molecule has 0 fully saturated rings. The minimum absolute atomic E-state index is 0.0938. The van der Waals surface area contributed by atoms with Crippen LogP contribution in [0.5, 0.6) is 0 Å². The van der Waals surface area contributed by atoms with E-state index in [9.17, 15) is 4.79 Å². The van der Waals surface area contributed by atoms with E-state index in [4.69, 9.17) is 20.4 Å². The van der Waals surface area contributed by atoms with Crippen molar-refractivity contribution in [3.05, 3.63) is 0 Å². The van der Waals surface area contributed by atoms with E-state index in [1.807, 2.05) is 0 Å². The molecule has 0 amide bonds. The summed E-state index contributed by atoms with van der Waals surface area (Å²) in [6.07, 6.45) is 0.500. The highest BCUT2D eigenvalue weighted by atomic mass is 16.4. The number of hydrogen-bond donors (Lipinski definition) is 4. The van der Waals surface area contributed by atoms with E-state index >= 15 is 0 Å². The van der Waals surface area contributed by atoms with E-state index in [2.05, 4.69) is 0 Å². The number of aliphatic carboxylic acids is 1. The third-order valence-corrected chi connectivity index (χ3v) is 1.29. The zero-order valence-electron chi connectivity index (χ0n) is 8.03. The van der Waals surface area contributed by atoms with Gasteiger partial charge < -0.3 is 20.4 Å². The molecule has 0 aliphatic rings. The third kappa shape index (κ3) is 9.26. The van der Waals surface area contributed by atoms with Crippen LogP contribution < -0.4 is 0 Å². The first kappa shape index (κ1) is 14.9. The Morgan fingerprint density at radius 3 is 1.54 bits per heavy atom. The summed E-state index contributed by atoms with van der Waals surface area (Å²) in [5.41, 5.74) is -0.986. The van der Waals surface area contributed by atoms with Gasteiger partial charge in [-0.1, -0.05) is 0 Å². The van der Waals surface area contributed by atoms with E-state index in [-0.39, 0.29) is 19.8 Å². The molecule has 0 aliphatic heterocycles. The smallest absolute Gasteiger partial charge is 0.311 e. The highest BCUT2D eigenvalue weighted by Crippen LogP contribution is 2.12. The maximum absolute atomic E-state index is 10.1. The SMILES string of the molecule is CC(C)(CO)C(=O)O.OCCCO. The molecule has 0 spiro atoms. The van der Waals surface area contributed by atoms with Crippen molar-refractivity contribution < 1.29 is 25.2 Å². The van der Waals surface area contributed by atoms with Crippen LogP contribution in [0.15, 0.2) is 0 Å². The standard InChI is InChI=1S/C5H10O3.C3H8O2/c1-5(2,3-6)4(7)8;4-2-1-3-5/h6H,3H2,1-2H3,(H,7,8);4-5H,1-3H2. The second-order valence-corrected chi connectivity index (χ2v) is 3.15. The first-order valence-corrected chi connectivity index (χ1v) is 3.98. The summed E-state index contributed by atoms with van der Waals surface area (Å²) in [5.74, 6) is -0.972. The molecule has 0 bridgehead atoms. The fourth-order valence-electron chi connectivity index (χ4n) is 0.138. The Labute approximate surface area is 77.6 Å². The van der Waals surface area contributed by atoms with Gasteiger partial charge in [-0.2, -0.15) is 0 Å². The second kappa shape index (κ2) is 7.97. The van der Waals surface area contributed by atoms with Gasteiger partial charge >= 0.3 is 5.97 Å². The lowest BCUT2D eigenvalue weighted by Crippen LogP contribution is -2.27. The lowest BCUT2D eigenvalue weighted by atomic mass is 9.96. The zero-order valence-corrected chi connectivity index (χ0v) is 8.03. The van der Waals surface area contributed by atoms with Crippen molar-refractivity contribution in [1.29, 1.82) is 0 Å². The van der Waals surface area contributed by atoms with Crippen molar-refractivity contribution >= 4 is 5.97 Å². The Hall–Kier alpha value is -0.650. The van der Waals surface area contributed by atoms with Gasteiger partial charge in [-0.05, 0) is 20.3 Å². The average Bonchev–Trinajstić information content (AvgIpc) is 2.07. The van der Waals surface area contributed by atoms with Gasteiger partial charge in [0.2, 0.25) is 0 Å². The molecule has 4 N–H and O–H groups in total. The predicted octanol–water partition coefficient (Wildman–Crippen LogP) is -0.549. The molecule has 0 heterocycles. The van der Waals surface area contributed by atoms with E-state index in [0.717, 1.165) is 0 Å². The molecular formula is C8H18O5. The molecule has 0 aliphatic carbocycles. The summed E-state index contributed by atoms with van der Waals surface area (Å²) in [7, 11) is 0. The Morgan fingerprint density at radius 1 is 1.15 bits per heavy atom. The molecule has 0 aromatic rings. The van der Waals surface area contributed by atoms with E-state index < -0.39 is 11.4 Å². The molecule has 5 nitrogen and oxygen atoms in total. The summed E-state index contributed by atoms with van der Waals surface area (Å²) in [5, 5.41) is 32.5. The van der Waals surface area contributed by atoms with Crippen LogP contribution in [0.25, 0.3) is 0 Å². The predicted molar refractivity (Wildman–Crippen MR) is 47.3 cm³/mol. The number of rotatable bonds is 4. The van der Waals surface area contributed by atoms with Crippen LogP contribution >= 0.6 is 0 Å². The fraction of sp³-hybridized carbons (Fsp3) is 0.875. The first-order valence-electron chi connectivity index (χ1n) is 3.98. The van der Waals surface area contributed by atoms with Crippen molar-refractivity contribution in [2.45, 2.75) is 20.3 Å². The van der Waals surface area contributed by atoms with Gasteiger partial charge in [-0.3, -0.25) is 4.79 Å². The third-order valence-electron chi connectivity index (χ3n) is 1.29. The number of carbonyl (C=O) groups is 1. The molecule has 80 valence electrons. The topological polar surface area (TPSA) is 98.0 Å². The van der Waals surface area contributed by atoms with Gasteiger partial charge in [0.1, 0.15) is 0 Å². The molecule has 0 rings (SSSR count). The molecule has 5 heteroatoms. The van der Waals surface area contributed by atoms with E-state index in [1.54, 1.807) is 0 Å². The fourth-order valence-corrected chi connectivity index (χ4v) is 0.138. The molecule has 0 saturated carbocycles. The van der Waals surface area contributed by atoms with E-state index in [0.29, 0.717) is 6.42 Å². The van der Waals surface area contributed by atoms with Gasteiger partial charge in [0.05, 0.1) is 12.0 Å². The normalized spacial score (nSPS) is 10.2. The summed E-state index contributed by atoms with van der Waals surface area (Å²) in [6.45, 7) is 2.81. The highest BCUT2D eigenvalue weighted by Gasteiger charge is 2.25. The number of aliphatic hydroxyl groups is 3. The van der Waals surface area contributed by atoms with Crippen LogP contribution in [0.4, 0.5) is 0 Å². The molecule has 0 radical (unpaired) electrons. The number of hydrogen-bond acceptors (Lipinski definition) is 4. The highest BCUT2D eigenvalue weighted by molar-refractivity contribution is 5.73. The van der Waals surface area contributed by atoms with Crippen molar-refractivity contribution in [3.63, 3.8) is 0 Å². The Balaban J connectivity index is 0. The maximum Gasteiger partial charge on any atom is 0.311 e. The van der Waals surface area contributed by atoms with Crippen LogP contribution in [0, 0.1) is 5.41 Å². The molecule has 0 aromatic heterocycles. The number of aliphatic hydroxyl groups excluding tert-OH is 3. The van der Waals surface area contributed by atoms with Crippen molar-refractivity contribution in [3.8, 4) is 0 Å². The minimum atomic E-state index is -0.986. The molecule has 0 unspecified atom stereocenters. The van der Waals surface area contributed by atoms with Gasteiger partial charge in [0.25, 0.3) is 0 Å². The molecule has 0 aromatic carbocycles. The maximum atomic E-state index is 10.1. The van der Waals surface area contributed by atoms with Crippen molar-refractivity contribution in [1.82, 2.24) is 0 Å². The number of carboxylic acid groups (broad SMARTS) is 1. The minimum Gasteiger partial charge on any atom is -0.481 e. The quantitative estimate of drug-likeness (QED) is 0.481. The van der Waals surface area contributed by atoms with Crippen LogP contribution in [-0.2, 0) is 4.79 Å². The Bertz CT molecular complexity index is 130. The lowest BCUT2D eigenvalue weighted by Gasteiger charge is -2.13. The Kier molecular flexibility index (Phi) is 9.11. The largest absolute Gasteiger partial charge is 0.481 e. The van der Waals surface area contributed by atoms with Crippen molar-refractivity contribution in [2.24, 2.45) is 5.41 Å². The van der Waals surface area contributed by atoms with Crippen molar-refractivity contribution in [2.75, 3.05) is 19.8 Å². The molecule has 13 heavy (non-hydrogen) atoms. The molecular weight excluding hydrogens is 176 g/mol. The molecule has 0 atom stereocenters. The van der Waals surface area contributed by atoms with Crippen LogP contribution in [0.2, 0.25) is 0 Å². The monoisotopic (exact) mass is 194 g/mol. The second-order valence-electron chi connectivity index (χ2n) is 3.15. The van der Waals surface area contributed by atoms with Crippen LogP contribution in [0.1, 0.15) is 20.3 Å². The summed E-state index contributed by atoms with van der Waals surface area (Å²) >= 11 is 0. The zero-order chi connectivity index (χ0) is 10.9. The molecule has 0 saturated heterocycles. The van der Waals surface area contributed by atoms with Gasteiger partial charge in [0.15, 0.2) is 0 Å². The van der Waals surface area contributed by atoms with Crippen LogP contribution in [-0.4, -0.2) is 46.2 Å². The van der Waals surface area contributed by atoms with E-state index in [1.165, 1.54) is 13.8 Å². The lowest BCUT2D eigenvalue weighted by molar-refractivity contribution is -0.148. The first-order chi connectivity index (χ1) is 5.92. The summed E-state index contributed by atoms with van der Waals surface area (Å²) in [4.78, 5) is 10.1. The Morgan fingerprint density at radius 2 is 1.54 bits per heavy atom. The van der Waals surface area contributed by atoms with Gasteiger partial charge in [0, 0.05) is 13.2 Å².